The smallest absolute Gasteiger partial charge is 0.326 e. The summed E-state index contributed by atoms with van der Waals surface area (Å²) in [7, 11) is 0. The van der Waals surface area contributed by atoms with Gasteiger partial charge in [-0.15, -0.1) is 0 Å². The van der Waals surface area contributed by atoms with Gasteiger partial charge in [0.05, 0.1) is 0 Å². The zero-order valence-corrected chi connectivity index (χ0v) is 11.9. The first-order valence-electron chi connectivity index (χ1n) is 7.38. The number of carboxylic acids is 1. The van der Waals surface area contributed by atoms with E-state index in [1.807, 2.05) is 0 Å². The van der Waals surface area contributed by atoms with Crippen LogP contribution in [0.15, 0.2) is 0 Å². The summed E-state index contributed by atoms with van der Waals surface area (Å²) in [5.74, 6) is -0.447. The largest absolute Gasteiger partial charge is 0.480 e. The fraction of sp³-hybridized carbons (Fsp3) is 0.857. The summed E-state index contributed by atoms with van der Waals surface area (Å²) in [5, 5.41) is 14.4. The lowest BCUT2D eigenvalue weighted by Gasteiger charge is -2.30. The van der Waals surface area contributed by atoms with Crippen LogP contribution in [0, 0.1) is 5.92 Å². The number of carboxylic acid groups (broad SMARTS) is 1. The lowest BCUT2D eigenvalue weighted by Crippen LogP contribution is -2.50. The van der Waals surface area contributed by atoms with E-state index >= 15 is 0 Å². The third kappa shape index (κ3) is 5.09. The van der Waals surface area contributed by atoms with Gasteiger partial charge < -0.3 is 15.7 Å². The maximum atomic E-state index is 11.8. The number of hydrogen-bond acceptors (Lipinski definition) is 2. The van der Waals surface area contributed by atoms with Gasteiger partial charge in [-0.1, -0.05) is 33.1 Å². The van der Waals surface area contributed by atoms with Crippen molar-refractivity contribution in [2.45, 2.75) is 70.9 Å². The van der Waals surface area contributed by atoms with E-state index in [-0.39, 0.29) is 12.1 Å². The van der Waals surface area contributed by atoms with Gasteiger partial charge in [-0.3, -0.25) is 0 Å². The Morgan fingerprint density at radius 3 is 2.21 bits per heavy atom. The first-order chi connectivity index (χ1) is 9.08. The zero-order valence-electron chi connectivity index (χ0n) is 11.9. The minimum absolute atomic E-state index is 0.159. The number of rotatable bonds is 6. The second kappa shape index (κ2) is 8.02. The molecule has 0 aromatic carbocycles. The maximum absolute atomic E-state index is 11.8. The standard InChI is InChI=1S/C14H26N2O3/c1-3-11(10-8-6-5-7-9-10)15-14(19)16-12(4-2)13(17)18/h10-12H,3-9H2,1-2H3,(H,17,18)(H2,15,16,19)/t11?,12-/m0/s1. The Kier molecular flexibility index (Phi) is 6.67. The van der Waals surface area contributed by atoms with Crippen LogP contribution >= 0.6 is 0 Å². The molecular formula is C14H26N2O3. The number of carbonyl (C=O) groups excluding carboxylic acids is 1. The molecule has 1 aliphatic rings. The molecule has 1 rings (SSSR count). The first kappa shape index (κ1) is 15.8. The topological polar surface area (TPSA) is 78.4 Å². The van der Waals surface area contributed by atoms with E-state index in [4.69, 9.17) is 5.11 Å². The third-order valence-corrected chi connectivity index (χ3v) is 3.99. The monoisotopic (exact) mass is 270 g/mol. The molecule has 0 heterocycles. The first-order valence-corrected chi connectivity index (χ1v) is 7.38. The molecule has 5 heteroatoms. The van der Waals surface area contributed by atoms with E-state index in [9.17, 15) is 9.59 Å². The van der Waals surface area contributed by atoms with Gasteiger partial charge in [0.15, 0.2) is 0 Å². The molecule has 2 amide bonds. The Morgan fingerprint density at radius 1 is 1.11 bits per heavy atom. The Balaban J connectivity index is 2.45. The Labute approximate surface area is 115 Å². The summed E-state index contributed by atoms with van der Waals surface area (Å²) in [4.78, 5) is 22.7. The van der Waals surface area contributed by atoms with Crippen LogP contribution < -0.4 is 10.6 Å². The van der Waals surface area contributed by atoms with Gasteiger partial charge in [0.25, 0.3) is 0 Å². The fourth-order valence-electron chi connectivity index (χ4n) is 2.80. The maximum Gasteiger partial charge on any atom is 0.326 e. The number of urea groups is 1. The highest BCUT2D eigenvalue weighted by molar-refractivity contribution is 5.82. The van der Waals surface area contributed by atoms with Crippen LogP contribution in [-0.4, -0.2) is 29.2 Å². The molecule has 1 aliphatic carbocycles. The average molecular weight is 270 g/mol. The van der Waals surface area contributed by atoms with E-state index in [0.29, 0.717) is 12.3 Å². The molecule has 0 saturated heterocycles. The Hall–Kier alpha value is -1.26. The van der Waals surface area contributed by atoms with Crippen LogP contribution in [0.3, 0.4) is 0 Å². The molecule has 110 valence electrons. The van der Waals surface area contributed by atoms with Crippen molar-refractivity contribution >= 4 is 12.0 Å². The predicted molar refractivity (Wildman–Crippen MR) is 74.0 cm³/mol. The van der Waals surface area contributed by atoms with Crippen LogP contribution in [0.4, 0.5) is 4.79 Å². The Morgan fingerprint density at radius 2 is 1.74 bits per heavy atom. The highest BCUT2D eigenvalue weighted by atomic mass is 16.4. The molecule has 2 atom stereocenters. The lowest BCUT2D eigenvalue weighted by atomic mass is 9.83. The molecule has 0 aliphatic heterocycles. The molecule has 0 spiro atoms. The van der Waals surface area contributed by atoms with E-state index in [1.165, 1.54) is 19.3 Å². The quantitative estimate of drug-likeness (QED) is 0.694. The Bertz CT molecular complexity index is 301. The lowest BCUT2D eigenvalue weighted by molar-refractivity contribution is -0.139. The molecule has 1 fully saturated rings. The van der Waals surface area contributed by atoms with Crippen molar-refractivity contribution < 1.29 is 14.7 Å². The molecule has 0 radical (unpaired) electrons. The predicted octanol–water partition coefficient (Wildman–Crippen LogP) is 2.51. The molecule has 19 heavy (non-hydrogen) atoms. The zero-order chi connectivity index (χ0) is 14.3. The highest BCUT2D eigenvalue weighted by Gasteiger charge is 2.25. The van der Waals surface area contributed by atoms with Crippen molar-refractivity contribution in [1.29, 1.82) is 0 Å². The van der Waals surface area contributed by atoms with Gasteiger partial charge in [0.2, 0.25) is 0 Å². The van der Waals surface area contributed by atoms with E-state index in [2.05, 4.69) is 17.6 Å². The van der Waals surface area contributed by atoms with Crippen molar-refractivity contribution in [1.82, 2.24) is 10.6 Å². The summed E-state index contributed by atoms with van der Waals surface area (Å²) in [5.41, 5.74) is 0. The number of aliphatic carboxylic acids is 1. The molecule has 3 N–H and O–H groups in total. The van der Waals surface area contributed by atoms with E-state index in [1.54, 1.807) is 6.92 Å². The summed E-state index contributed by atoms with van der Waals surface area (Å²) in [6.45, 7) is 3.81. The molecular weight excluding hydrogens is 244 g/mol. The van der Waals surface area contributed by atoms with Crippen molar-refractivity contribution in [3.63, 3.8) is 0 Å². The van der Waals surface area contributed by atoms with Crippen molar-refractivity contribution in [3.8, 4) is 0 Å². The summed E-state index contributed by atoms with van der Waals surface area (Å²) in [6.07, 6.45) is 7.36. The SMILES string of the molecule is CCC(NC(=O)N[C@@H](CC)C(=O)O)C1CCCCC1. The number of carbonyl (C=O) groups is 2. The van der Waals surface area contributed by atoms with Crippen molar-refractivity contribution in [2.24, 2.45) is 5.92 Å². The highest BCUT2D eigenvalue weighted by Crippen LogP contribution is 2.27. The second-order valence-electron chi connectivity index (χ2n) is 5.33. The molecule has 1 unspecified atom stereocenters. The molecule has 5 nitrogen and oxygen atoms in total. The summed E-state index contributed by atoms with van der Waals surface area (Å²) >= 11 is 0. The van der Waals surface area contributed by atoms with Crippen LogP contribution in [-0.2, 0) is 4.79 Å². The molecule has 1 saturated carbocycles. The normalized spacial score (nSPS) is 19.5. The van der Waals surface area contributed by atoms with Crippen LogP contribution in [0.1, 0.15) is 58.8 Å². The van der Waals surface area contributed by atoms with Gasteiger partial charge >= 0.3 is 12.0 Å². The van der Waals surface area contributed by atoms with Crippen LogP contribution in [0.2, 0.25) is 0 Å². The van der Waals surface area contributed by atoms with Crippen molar-refractivity contribution in [2.75, 3.05) is 0 Å². The molecule has 0 bridgehead atoms. The van der Waals surface area contributed by atoms with Gasteiger partial charge in [0, 0.05) is 6.04 Å². The number of hydrogen-bond donors (Lipinski definition) is 3. The van der Waals surface area contributed by atoms with Gasteiger partial charge in [-0.2, -0.15) is 0 Å². The molecule has 0 aromatic heterocycles. The van der Waals surface area contributed by atoms with E-state index < -0.39 is 12.0 Å². The minimum atomic E-state index is -0.983. The summed E-state index contributed by atoms with van der Waals surface area (Å²) < 4.78 is 0. The second-order valence-corrected chi connectivity index (χ2v) is 5.33. The van der Waals surface area contributed by atoms with Crippen molar-refractivity contribution in [3.05, 3.63) is 0 Å². The van der Waals surface area contributed by atoms with Gasteiger partial charge in [-0.05, 0) is 31.6 Å². The minimum Gasteiger partial charge on any atom is -0.480 e. The van der Waals surface area contributed by atoms with Gasteiger partial charge in [0.1, 0.15) is 6.04 Å². The van der Waals surface area contributed by atoms with Crippen LogP contribution in [0.25, 0.3) is 0 Å². The number of nitrogens with one attached hydrogen (secondary N) is 2. The van der Waals surface area contributed by atoms with E-state index in [0.717, 1.165) is 19.3 Å². The molecule has 0 aromatic rings. The summed E-state index contributed by atoms with van der Waals surface area (Å²) in [6, 6.07) is -0.998. The third-order valence-electron chi connectivity index (χ3n) is 3.99. The fourth-order valence-corrected chi connectivity index (χ4v) is 2.80. The van der Waals surface area contributed by atoms with Gasteiger partial charge in [-0.25, -0.2) is 9.59 Å². The number of amides is 2. The van der Waals surface area contributed by atoms with Crippen LogP contribution in [0.5, 0.6) is 0 Å². The average Bonchev–Trinajstić information content (AvgIpc) is 2.42.